The van der Waals surface area contributed by atoms with Gasteiger partial charge in [-0.1, -0.05) is 24.3 Å². The minimum atomic E-state index is -0.379. The molecule has 8 heteroatoms. The van der Waals surface area contributed by atoms with E-state index in [1.807, 2.05) is 30.5 Å². The maximum Gasteiger partial charge on any atom is 0.231 e. The standard InChI is InChI=1S/C24H24FN3O3S/c25-18-4-2-1-3-17(18)22(28-10-7-16(29)13-28)21-12-26-23(32-21)27-24(8-9-24)15-5-6-19-20(11-15)31-14-30-19/h1-6,11-12,16,22,29H,7-10,13-14H2,(H,26,27)/t16-,22?/m1/s1. The van der Waals surface area contributed by atoms with Crippen molar-refractivity contribution in [3.05, 3.63) is 70.5 Å². The molecule has 32 heavy (non-hydrogen) atoms. The highest BCUT2D eigenvalue weighted by molar-refractivity contribution is 7.15. The Labute approximate surface area is 189 Å². The molecule has 3 aromatic rings. The maximum atomic E-state index is 14.8. The number of benzene rings is 2. The van der Waals surface area contributed by atoms with Gasteiger partial charge < -0.3 is 19.9 Å². The number of halogens is 1. The smallest absolute Gasteiger partial charge is 0.231 e. The highest BCUT2D eigenvalue weighted by Gasteiger charge is 2.46. The molecule has 2 aromatic carbocycles. The lowest BCUT2D eigenvalue weighted by molar-refractivity contribution is 0.167. The fourth-order valence-electron chi connectivity index (χ4n) is 4.71. The van der Waals surface area contributed by atoms with E-state index < -0.39 is 0 Å². The third-order valence-corrected chi connectivity index (χ3v) is 7.54. The molecule has 1 saturated heterocycles. The van der Waals surface area contributed by atoms with Crippen LogP contribution in [-0.2, 0) is 5.54 Å². The Morgan fingerprint density at radius 3 is 2.81 bits per heavy atom. The van der Waals surface area contributed by atoms with E-state index in [4.69, 9.17) is 9.47 Å². The van der Waals surface area contributed by atoms with Gasteiger partial charge in [0.2, 0.25) is 6.79 Å². The molecule has 1 saturated carbocycles. The second kappa shape index (κ2) is 7.72. The first kappa shape index (κ1) is 20.0. The van der Waals surface area contributed by atoms with Crippen molar-refractivity contribution in [3.8, 4) is 11.5 Å². The summed E-state index contributed by atoms with van der Waals surface area (Å²) in [7, 11) is 0. The molecule has 0 radical (unpaired) electrons. The molecule has 6 rings (SSSR count). The Hall–Kier alpha value is -2.68. The molecule has 2 aliphatic heterocycles. The summed E-state index contributed by atoms with van der Waals surface area (Å²) in [5.74, 6) is 1.32. The van der Waals surface area contributed by atoms with Crippen LogP contribution in [-0.4, -0.2) is 41.0 Å². The SMILES string of the molecule is O[C@@H]1CCN(C(c2cnc(NC3(c4ccc5c(c4)OCO5)CC3)s2)c2ccccc2F)C1. The van der Waals surface area contributed by atoms with E-state index in [-0.39, 0.29) is 30.3 Å². The number of ether oxygens (including phenoxy) is 2. The number of thiazole rings is 1. The summed E-state index contributed by atoms with van der Waals surface area (Å²) in [4.78, 5) is 7.76. The number of aliphatic hydroxyl groups excluding tert-OH is 1. The molecule has 1 aromatic heterocycles. The number of β-amino-alcohol motifs (C(OH)–C–C–N with tert-alkyl or cyclic N) is 1. The van der Waals surface area contributed by atoms with Gasteiger partial charge in [-0.2, -0.15) is 0 Å². The van der Waals surface area contributed by atoms with E-state index in [1.165, 1.54) is 6.07 Å². The number of aliphatic hydroxyl groups is 1. The van der Waals surface area contributed by atoms with Crippen molar-refractivity contribution in [1.29, 1.82) is 0 Å². The molecule has 2 fully saturated rings. The molecule has 3 aliphatic rings. The number of hydrogen-bond donors (Lipinski definition) is 2. The van der Waals surface area contributed by atoms with Gasteiger partial charge in [0.05, 0.1) is 17.7 Å². The van der Waals surface area contributed by atoms with Crippen molar-refractivity contribution >= 4 is 16.5 Å². The first-order chi connectivity index (χ1) is 15.6. The molecule has 0 spiro atoms. The van der Waals surface area contributed by atoms with E-state index >= 15 is 0 Å². The maximum absolute atomic E-state index is 14.8. The van der Waals surface area contributed by atoms with Crippen LogP contribution in [0.15, 0.2) is 48.7 Å². The Bertz CT molecular complexity index is 1150. The van der Waals surface area contributed by atoms with Crippen LogP contribution < -0.4 is 14.8 Å². The van der Waals surface area contributed by atoms with Crippen LogP contribution in [0.4, 0.5) is 9.52 Å². The number of nitrogens with one attached hydrogen (secondary N) is 1. The topological polar surface area (TPSA) is 66.9 Å². The van der Waals surface area contributed by atoms with Gasteiger partial charge in [0.15, 0.2) is 16.6 Å². The quantitative estimate of drug-likeness (QED) is 0.581. The Kier molecular flexibility index (Phi) is 4.82. The van der Waals surface area contributed by atoms with Gasteiger partial charge in [-0.3, -0.25) is 4.90 Å². The lowest BCUT2D eigenvalue weighted by atomic mass is 10.0. The molecule has 0 bridgehead atoms. The fourth-order valence-corrected chi connectivity index (χ4v) is 5.78. The molecule has 1 aliphatic carbocycles. The predicted molar refractivity (Wildman–Crippen MR) is 120 cm³/mol. The van der Waals surface area contributed by atoms with Crippen LogP contribution in [0.5, 0.6) is 11.5 Å². The monoisotopic (exact) mass is 453 g/mol. The van der Waals surface area contributed by atoms with Gasteiger partial charge in [0, 0.05) is 29.7 Å². The van der Waals surface area contributed by atoms with Crippen LogP contribution >= 0.6 is 11.3 Å². The molecular formula is C24H24FN3O3S. The number of aromatic nitrogens is 1. The lowest BCUT2D eigenvalue weighted by Crippen LogP contribution is -2.28. The summed E-state index contributed by atoms with van der Waals surface area (Å²) in [6, 6.07) is 12.7. The van der Waals surface area contributed by atoms with Crippen molar-refractivity contribution in [1.82, 2.24) is 9.88 Å². The lowest BCUT2D eigenvalue weighted by Gasteiger charge is -2.27. The molecular weight excluding hydrogens is 429 g/mol. The van der Waals surface area contributed by atoms with Crippen molar-refractivity contribution in [2.24, 2.45) is 0 Å². The molecule has 2 N–H and O–H groups in total. The van der Waals surface area contributed by atoms with Gasteiger partial charge in [-0.05, 0) is 43.0 Å². The van der Waals surface area contributed by atoms with Crippen LogP contribution in [0.2, 0.25) is 0 Å². The van der Waals surface area contributed by atoms with Crippen LogP contribution in [0, 0.1) is 5.82 Å². The van der Waals surface area contributed by atoms with Crippen LogP contribution in [0.3, 0.4) is 0 Å². The molecule has 1 unspecified atom stereocenters. The predicted octanol–water partition coefficient (Wildman–Crippen LogP) is 4.27. The van der Waals surface area contributed by atoms with Crippen molar-refractivity contribution < 1.29 is 19.0 Å². The number of nitrogens with zero attached hydrogens (tertiary/aromatic N) is 2. The van der Waals surface area contributed by atoms with E-state index in [9.17, 15) is 9.50 Å². The van der Waals surface area contributed by atoms with Crippen molar-refractivity contribution in [3.63, 3.8) is 0 Å². The summed E-state index contributed by atoms with van der Waals surface area (Å²) in [6.07, 6.45) is 4.18. The number of anilines is 1. The summed E-state index contributed by atoms with van der Waals surface area (Å²) in [6.45, 7) is 1.51. The average molecular weight is 454 g/mol. The zero-order valence-corrected chi connectivity index (χ0v) is 18.3. The van der Waals surface area contributed by atoms with E-state index in [0.717, 1.165) is 46.5 Å². The van der Waals surface area contributed by atoms with Gasteiger partial charge in [-0.15, -0.1) is 11.3 Å². The van der Waals surface area contributed by atoms with Crippen LogP contribution in [0.1, 0.15) is 41.3 Å². The average Bonchev–Trinajstić information content (AvgIpc) is 3.14. The molecule has 166 valence electrons. The third kappa shape index (κ3) is 3.52. The van der Waals surface area contributed by atoms with E-state index in [0.29, 0.717) is 18.5 Å². The third-order valence-electron chi connectivity index (χ3n) is 6.57. The highest BCUT2D eigenvalue weighted by Crippen LogP contribution is 2.51. The minimum Gasteiger partial charge on any atom is -0.454 e. The fraction of sp³-hybridized carbons (Fsp3) is 0.375. The molecule has 0 amide bonds. The highest BCUT2D eigenvalue weighted by atomic mass is 32.1. The van der Waals surface area contributed by atoms with Gasteiger partial charge in [0.25, 0.3) is 0 Å². The summed E-state index contributed by atoms with van der Waals surface area (Å²) in [5, 5.41) is 14.5. The Morgan fingerprint density at radius 1 is 1.19 bits per heavy atom. The number of rotatable bonds is 6. The van der Waals surface area contributed by atoms with E-state index in [1.54, 1.807) is 17.4 Å². The minimum absolute atomic E-state index is 0.159. The normalized spacial score (nSPS) is 22.1. The summed E-state index contributed by atoms with van der Waals surface area (Å²) < 4.78 is 25.7. The van der Waals surface area contributed by atoms with Gasteiger partial charge in [0.1, 0.15) is 5.82 Å². The largest absolute Gasteiger partial charge is 0.454 e. The first-order valence-corrected chi connectivity index (χ1v) is 11.7. The number of hydrogen-bond acceptors (Lipinski definition) is 7. The van der Waals surface area contributed by atoms with Crippen molar-refractivity contribution in [2.75, 3.05) is 25.2 Å². The number of likely N-dealkylation sites (tertiary alicyclic amines) is 1. The molecule has 6 nitrogen and oxygen atoms in total. The zero-order chi connectivity index (χ0) is 21.7. The first-order valence-electron chi connectivity index (χ1n) is 10.9. The Morgan fingerprint density at radius 2 is 2.03 bits per heavy atom. The molecule has 3 heterocycles. The Balaban J connectivity index is 1.28. The van der Waals surface area contributed by atoms with E-state index in [2.05, 4.69) is 21.3 Å². The van der Waals surface area contributed by atoms with Gasteiger partial charge in [-0.25, -0.2) is 9.37 Å². The van der Waals surface area contributed by atoms with Crippen molar-refractivity contribution in [2.45, 2.75) is 36.9 Å². The zero-order valence-electron chi connectivity index (χ0n) is 17.5. The second-order valence-corrected chi connectivity index (χ2v) is 9.77. The summed E-state index contributed by atoms with van der Waals surface area (Å²) >= 11 is 1.55. The van der Waals surface area contributed by atoms with Gasteiger partial charge >= 0.3 is 0 Å². The van der Waals surface area contributed by atoms with Crippen LogP contribution in [0.25, 0.3) is 0 Å². The summed E-state index contributed by atoms with van der Waals surface area (Å²) in [5.41, 5.74) is 1.62. The second-order valence-electron chi connectivity index (χ2n) is 8.70. The molecule has 2 atom stereocenters. The number of fused-ring (bicyclic) bond motifs is 1.